The molecule has 4 nitrogen and oxygen atoms in total. The Kier molecular flexibility index (Phi) is 4.14. The molecule has 7 heteroatoms. The van der Waals surface area contributed by atoms with E-state index in [1.54, 1.807) is 12.3 Å². The highest BCUT2D eigenvalue weighted by molar-refractivity contribution is 5.77. The Morgan fingerprint density at radius 2 is 2.32 bits per heavy atom. The molecule has 19 heavy (non-hydrogen) atoms. The van der Waals surface area contributed by atoms with Crippen LogP contribution in [0.25, 0.3) is 0 Å². The SMILES string of the molecule is O=C(COCC(F)(F)F)NC1CCCc2occc21. The van der Waals surface area contributed by atoms with E-state index < -0.39 is 25.3 Å². The summed E-state index contributed by atoms with van der Waals surface area (Å²) in [5.74, 6) is 0.274. The summed E-state index contributed by atoms with van der Waals surface area (Å²) in [6.07, 6.45) is -0.427. The smallest absolute Gasteiger partial charge is 0.411 e. The summed E-state index contributed by atoms with van der Waals surface area (Å²) >= 11 is 0. The van der Waals surface area contributed by atoms with Crippen LogP contribution < -0.4 is 5.32 Å². The van der Waals surface area contributed by atoms with Crippen molar-refractivity contribution < 1.29 is 27.1 Å². The van der Waals surface area contributed by atoms with Gasteiger partial charge in [-0.2, -0.15) is 13.2 Å². The van der Waals surface area contributed by atoms with Gasteiger partial charge in [0.15, 0.2) is 0 Å². The van der Waals surface area contributed by atoms with Crippen LogP contribution in [0.3, 0.4) is 0 Å². The molecular formula is C12H14F3NO3. The maximum atomic E-state index is 11.9. The number of rotatable bonds is 4. The molecule has 0 fully saturated rings. The van der Waals surface area contributed by atoms with E-state index in [4.69, 9.17) is 4.42 Å². The predicted octanol–water partition coefficient (Wildman–Crippen LogP) is 2.35. The van der Waals surface area contributed by atoms with Crippen molar-refractivity contribution in [2.75, 3.05) is 13.2 Å². The average molecular weight is 277 g/mol. The number of hydrogen-bond donors (Lipinski definition) is 1. The molecule has 0 aromatic carbocycles. The van der Waals surface area contributed by atoms with E-state index in [2.05, 4.69) is 10.1 Å². The predicted molar refractivity (Wildman–Crippen MR) is 59.4 cm³/mol. The molecule has 0 saturated heterocycles. The summed E-state index contributed by atoms with van der Waals surface area (Å²) in [5, 5.41) is 2.66. The molecule has 0 saturated carbocycles. The van der Waals surface area contributed by atoms with E-state index in [0.717, 1.165) is 30.6 Å². The molecule has 1 unspecified atom stereocenters. The van der Waals surface area contributed by atoms with Gasteiger partial charge in [0.2, 0.25) is 5.91 Å². The van der Waals surface area contributed by atoms with Crippen molar-refractivity contribution in [1.82, 2.24) is 5.32 Å². The summed E-state index contributed by atoms with van der Waals surface area (Å²) in [6.45, 7) is -2.01. The maximum absolute atomic E-state index is 11.9. The average Bonchev–Trinajstić information content (AvgIpc) is 2.76. The highest BCUT2D eigenvalue weighted by Gasteiger charge is 2.28. The first-order valence-electron chi connectivity index (χ1n) is 5.96. The fraction of sp³-hybridized carbons (Fsp3) is 0.583. The number of hydrogen-bond acceptors (Lipinski definition) is 3. The second-order valence-corrected chi connectivity index (χ2v) is 4.42. The van der Waals surface area contributed by atoms with Crippen LogP contribution >= 0.6 is 0 Å². The van der Waals surface area contributed by atoms with Gasteiger partial charge in [0.05, 0.1) is 12.3 Å². The number of ether oxygens (including phenoxy) is 1. The summed E-state index contributed by atoms with van der Waals surface area (Å²) in [6, 6.07) is 1.57. The van der Waals surface area contributed by atoms with Gasteiger partial charge < -0.3 is 14.5 Å². The molecule has 1 aliphatic rings. The number of carbonyl (C=O) groups excluding carboxylic acids is 1. The number of furan rings is 1. The third-order valence-electron chi connectivity index (χ3n) is 2.89. The summed E-state index contributed by atoms with van der Waals surface area (Å²) < 4.78 is 45.1. The standard InChI is InChI=1S/C12H14F3NO3/c13-12(14,15)7-18-6-11(17)16-9-2-1-3-10-8(9)4-5-19-10/h4-5,9H,1-3,6-7H2,(H,16,17). The Morgan fingerprint density at radius 3 is 3.05 bits per heavy atom. The minimum absolute atomic E-state index is 0.204. The van der Waals surface area contributed by atoms with Crippen LogP contribution in [0.4, 0.5) is 13.2 Å². The van der Waals surface area contributed by atoms with Crippen LogP contribution in [0.15, 0.2) is 16.7 Å². The lowest BCUT2D eigenvalue weighted by molar-refractivity contribution is -0.175. The summed E-state index contributed by atoms with van der Waals surface area (Å²) in [7, 11) is 0. The van der Waals surface area contributed by atoms with Gasteiger partial charge in [-0.1, -0.05) is 0 Å². The van der Waals surface area contributed by atoms with E-state index >= 15 is 0 Å². The summed E-state index contributed by atoms with van der Waals surface area (Å²) in [4.78, 5) is 11.5. The van der Waals surface area contributed by atoms with Gasteiger partial charge >= 0.3 is 6.18 Å². The molecule has 1 heterocycles. The molecular weight excluding hydrogens is 263 g/mol. The molecule has 1 aromatic heterocycles. The zero-order chi connectivity index (χ0) is 13.9. The number of carbonyl (C=O) groups is 1. The number of fused-ring (bicyclic) bond motifs is 1. The molecule has 106 valence electrons. The van der Waals surface area contributed by atoms with Crippen molar-refractivity contribution in [3.05, 3.63) is 23.7 Å². The number of halogens is 3. The van der Waals surface area contributed by atoms with Crippen LogP contribution in [0.1, 0.15) is 30.2 Å². The van der Waals surface area contributed by atoms with Gasteiger partial charge in [0, 0.05) is 12.0 Å². The van der Waals surface area contributed by atoms with Crippen LogP contribution in [0, 0.1) is 0 Å². The van der Waals surface area contributed by atoms with Gasteiger partial charge in [-0.05, 0) is 18.9 Å². The molecule has 0 spiro atoms. The Labute approximate surface area is 107 Å². The van der Waals surface area contributed by atoms with E-state index in [9.17, 15) is 18.0 Å². The molecule has 0 radical (unpaired) electrons. The third kappa shape index (κ3) is 3.99. The van der Waals surface area contributed by atoms with Crippen molar-refractivity contribution in [3.63, 3.8) is 0 Å². The molecule has 1 aromatic rings. The van der Waals surface area contributed by atoms with Crippen molar-refractivity contribution >= 4 is 5.91 Å². The quantitative estimate of drug-likeness (QED) is 0.919. The Morgan fingerprint density at radius 1 is 1.53 bits per heavy atom. The first-order valence-corrected chi connectivity index (χ1v) is 5.96. The molecule has 2 rings (SSSR count). The monoisotopic (exact) mass is 277 g/mol. The first-order chi connectivity index (χ1) is 8.96. The number of amides is 1. The molecule has 1 amide bonds. The second kappa shape index (κ2) is 5.64. The molecule has 1 atom stereocenters. The normalized spacial score (nSPS) is 19.0. The van der Waals surface area contributed by atoms with Gasteiger partial charge in [-0.3, -0.25) is 4.79 Å². The molecule has 0 aliphatic heterocycles. The lowest BCUT2D eigenvalue weighted by atomic mass is 9.93. The van der Waals surface area contributed by atoms with Crippen molar-refractivity contribution in [3.8, 4) is 0 Å². The molecule has 1 N–H and O–H groups in total. The minimum Gasteiger partial charge on any atom is -0.469 e. The van der Waals surface area contributed by atoms with Crippen molar-refractivity contribution in [2.24, 2.45) is 0 Å². The van der Waals surface area contributed by atoms with Crippen LogP contribution in [-0.4, -0.2) is 25.3 Å². The number of nitrogens with one attached hydrogen (secondary N) is 1. The van der Waals surface area contributed by atoms with Crippen LogP contribution in [0.2, 0.25) is 0 Å². The Bertz CT molecular complexity index is 442. The fourth-order valence-corrected chi connectivity index (χ4v) is 2.13. The lowest BCUT2D eigenvalue weighted by Gasteiger charge is -2.22. The number of aryl methyl sites for hydroxylation is 1. The van der Waals surface area contributed by atoms with Crippen molar-refractivity contribution in [2.45, 2.75) is 31.5 Å². The third-order valence-corrected chi connectivity index (χ3v) is 2.89. The minimum atomic E-state index is -4.41. The van der Waals surface area contributed by atoms with Crippen LogP contribution in [-0.2, 0) is 16.0 Å². The zero-order valence-electron chi connectivity index (χ0n) is 10.1. The second-order valence-electron chi connectivity index (χ2n) is 4.42. The maximum Gasteiger partial charge on any atom is 0.411 e. The van der Waals surface area contributed by atoms with Gasteiger partial charge in [0.1, 0.15) is 19.0 Å². The van der Waals surface area contributed by atoms with E-state index in [1.165, 1.54) is 0 Å². The topological polar surface area (TPSA) is 51.5 Å². The fourth-order valence-electron chi connectivity index (χ4n) is 2.13. The van der Waals surface area contributed by atoms with Gasteiger partial charge in [-0.25, -0.2) is 0 Å². The molecule has 1 aliphatic carbocycles. The van der Waals surface area contributed by atoms with Gasteiger partial charge in [-0.15, -0.1) is 0 Å². The zero-order valence-corrected chi connectivity index (χ0v) is 10.1. The lowest BCUT2D eigenvalue weighted by Crippen LogP contribution is -2.34. The highest BCUT2D eigenvalue weighted by atomic mass is 19.4. The largest absolute Gasteiger partial charge is 0.469 e. The van der Waals surface area contributed by atoms with E-state index in [0.29, 0.717) is 0 Å². The number of alkyl halides is 3. The Balaban J connectivity index is 1.81. The first kappa shape index (κ1) is 13.9. The summed E-state index contributed by atoms with van der Waals surface area (Å²) in [5.41, 5.74) is 0.899. The van der Waals surface area contributed by atoms with Gasteiger partial charge in [0.25, 0.3) is 0 Å². The van der Waals surface area contributed by atoms with Crippen molar-refractivity contribution in [1.29, 1.82) is 0 Å². The highest BCUT2D eigenvalue weighted by Crippen LogP contribution is 2.30. The Hall–Kier alpha value is -1.50. The van der Waals surface area contributed by atoms with E-state index in [1.807, 2.05) is 0 Å². The van der Waals surface area contributed by atoms with E-state index in [-0.39, 0.29) is 6.04 Å². The van der Waals surface area contributed by atoms with Crippen LogP contribution in [0.5, 0.6) is 0 Å². The molecule has 0 bridgehead atoms.